The van der Waals surface area contributed by atoms with Gasteiger partial charge < -0.3 is 20.1 Å². The van der Waals surface area contributed by atoms with Crippen molar-refractivity contribution in [3.63, 3.8) is 0 Å². The molecule has 0 radical (unpaired) electrons. The summed E-state index contributed by atoms with van der Waals surface area (Å²) >= 11 is 0. The molecule has 5 heteroatoms. The molecule has 2 unspecified atom stereocenters. The minimum absolute atomic E-state index is 0.0293. The van der Waals surface area contributed by atoms with Gasteiger partial charge in [-0.25, -0.2) is 0 Å². The van der Waals surface area contributed by atoms with Crippen LogP contribution in [0.3, 0.4) is 0 Å². The number of nitrogens with one attached hydrogen (secondary N) is 2. The van der Waals surface area contributed by atoms with Crippen molar-refractivity contribution in [1.29, 1.82) is 0 Å². The number of carbonyl (C=O) groups is 1. The number of ether oxygens (including phenoxy) is 2. The maximum Gasteiger partial charge on any atom is 0.234 e. The number of amides is 1. The summed E-state index contributed by atoms with van der Waals surface area (Å²) in [7, 11) is 1.62. The van der Waals surface area contributed by atoms with Gasteiger partial charge in [0.05, 0.1) is 19.3 Å². The molecule has 1 fully saturated rings. The van der Waals surface area contributed by atoms with Gasteiger partial charge in [-0.15, -0.1) is 0 Å². The molecule has 0 saturated carbocycles. The van der Waals surface area contributed by atoms with Crippen LogP contribution in [-0.4, -0.2) is 51.5 Å². The molecule has 1 amide bonds. The minimum atomic E-state index is 0.0293. The van der Waals surface area contributed by atoms with Crippen molar-refractivity contribution in [2.75, 3.05) is 33.4 Å². The number of carbonyl (C=O) groups excluding carboxylic acids is 1. The van der Waals surface area contributed by atoms with E-state index in [0.717, 1.165) is 25.9 Å². The summed E-state index contributed by atoms with van der Waals surface area (Å²) in [5.41, 5.74) is 0. The van der Waals surface area contributed by atoms with Crippen molar-refractivity contribution in [3.05, 3.63) is 0 Å². The van der Waals surface area contributed by atoms with E-state index in [4.69, 9.17) is 9.47 Å². The first-order chi connectivity index (χ1) is 8.26. The molecule has 0 aromatic rings. The van der Waals surface area contributed by atoms with Gasteiger partial charge in [-0.1, -0.05) is 6.92 Å². The largest absolute Gasteiger partial charge is 0.383 e. The van der Waals surface area contributed by atoms with Crippen LogP contribution in [0.5, 0.6) is 0 Å². The van der Waals surface area contributed by atoms with Crippen LogP contribution in [0.1, 0.15) is 26.2 Å². The topological polar surface area (TPSA) is 59.6 Å². The quantitative estimate of drug-likeness (QED) is 0.632. The van der Waals surface area contributed by atoms with E-state index in [1.165, 1.54) is 0 Å². The molecule has 5 nitrogen and oxygen atoms in total. The second kappa shape index (κ2) is 8.44. The van der Waals surface area contributed by atoms with Crippen molar-refractivity contribution in [3.8, 4) is 0 Å². The molecule has 1 heterocycles. The number of rotatable bonds is 7. The van der Waals surface area contributed by atoms with E-state index in [1.807, 2.05) is 0 Å². The Kier molecular flexibility index (Phi) is 7.16. The lowest BCUT2D eigenvalue weighted by atomic mass is 10.0. The van der Waals surface area contributed by atoms with Crippen molar-refractivity contribution < 1.29 is 14.3 Å². The monoisotopic (exact) mass is 244 g/mol. The molecule has 100 valence electrons. The van der Waals surface area contributed by atoms with Crippen molar-refractivity contribution in [1.82, 2.24) is 10.6 Å². The van der Waals surface area contributed by atoms with Gasteiger partial charge in [0.2, 0.25) is 5.91 Å². The van der Waals surface area contributed by atoms with Gasteiger partial charge in [0.25, 0.3) is 0 Å². The standard InChI is InChI=1S/C12H24N2O3/c1-3-11-8-10(4-6-17-11)14-9-12(15)13-5-7-16-2/h10-11,14H,3-9H2,1-2H3,(H,13,15). The van der Waals surface area contributed by atoms with E-state index in [1.54, 1.807) is 7.11 Å². The summed E-state index contributed by atoms with van der Waals surface area (Å²) in [4.78, 5) is 11.5. The summed E-state index contributed by atoms with van der Waals surface area (Å²) < 4.78 is 10.5. The molecule has 2 atom stereocenters. The molecular weight excluding hydrogens is 220 g/mol. The first kappa shape index (κ1) is 14.4. The highest BCUT2D eigenvalue weighted by Crippen LogP contribution is 2.15. The van der Waals surface area contributed by atoms with E-state index in [-0.39, 0.29) is 5.91 Å². The molecule has 0 spiro atoms. The van der Waals surface area contributed by atoms with Gasteiger partial charge >= 0.3 is 0 Å². The van der Waals surface area contributed by atoms with Crippen LogP contribution >= 0.6 is 0 Å². The zero-order chi connectivity index (χ0) is 12.5. The van der Waals surface area contributed by atoms with Gasteiger partial charge in [0, 0.05) is 26.3 Å². The van der Waals surface area contributed by atoms with Crippen LogP contribution in [0.25, 0.3) is 0 Å². The molecule has 1 rings (SSSR count). The molecular formula is C12H24N2O3. The average molecular weight is 244 g/mol. The maximum absolute atomic E-state index is 11.5. The molecule has 2 N–H and O–H groups in total. The molecule has 1 aliphatic heterocycles. The minimum Gasteiger partial charge on any atom is -0.383 e. The highest BCUT2D eigenvalue weighted by Gasteiger charge is 2.21. The molecule has 17 heavy (non-hydrogen) atoms. The zero-order valence-electron chi connectivity index (χ0n) is 10.8. The Labute approximate surface area is 103 Å². The SMILES string of the molecule is CCC1CC(NCC(=O)NCCOC)CCO1. The Hall–Kier alpha value is -0.650. The first-order valence-corrected chi connectivity index (χ1v) is 6.36. The lowest BCUT2D eigenvalue weighted by Crippen LogP contribution is -2.44. The van der Waals surface area contributed by atoms with Crippen LogP contribution in [0.4, 0.5) is 0 Å². The van der Waals surface area contributed by atoms with Crippen molar-refractivity contribution in [2.24, 2.45) is 0 Å². The fourth-order valence-electron chi connectivity index (χ4n) is 1.94. The molecule has 0 aliphatic carbocycles. The first-order valence-electron chi connectivity index (χ1n) is 6.36. The highest BCUT2D eigenvalue weighted by atomic mass is 16.5. The molecule has 1 aliphatic rings. The van der Waals surface area contributed by atoms with E-state index in [9.17, 15) is 4.79 Å². The summed E-state index contributed by atoms with van der Waals surface area (Å²) in [6.45, 7) is 4.43. The summed E-state index contributed by atoms with van der Waals surface area (Å²) in [6, 6.07) is 0.405. The van der Waals surface area contributed by atoms with E-state index in [2.05, 4.69) is 17.6 Å². The lowest BCUT2D eigenvalue weighted by molar-refractivity contribution is -0.120. The summed E-state index contributed by atoms with van der Waals surface area (Å²) in [5, 5.41) is 6.07. The molecule has 0 aromatic heterocycles. The van der Waals surface area contributed by atoms with Crippen molar-refractivity contribution in [2.45, 2.75) is 38.3 Å². The van der Waals surface area contributed by atoms with E-state index in [0.29, 0.717) is 31.8 Å². The van der Waals surface area contributed by atoms with Crippen LogP contribution < -0.4 is 10.6 Å². The Morgan fingerprint density at radius 1 is 1.53 bits per heavy atom. The lowest BCUT2D eigenvalue weighted by Gasteiger charge is -2.29. The maximum atomic E-state index is 11.5. The Bertz CT molecular complexity index is 224. The Balaban J connectivity index is 2.10. The number of methoxy groups -OCH3 is 1. The zero-order valence-corrected chi connectivity index (χ0v) is 10.8. The fraction of sp³-hybridized carbons (Fsp3) is 0.917. The second-order valence-corrected chi connectivity index (χ2v) is 4.35. The molecule has 0 aromatic carbocycles. The average Bonchev–Trinajstić information content (AvgIpc) is 2.37. The third-order valence-corrected chi connectivity index (χ3v) is 3.00. The van der Waals surface area contributed by atoms with Crippen LogP contribution in [0.2, 0.25) is 0 Å². The van der Waals surface area contributed by atoms with Gasteiger partial charge in [0.1, 0.15) is 0 Å². The van der Waals surface area contributed by atoms with E-state index >= 15 is 0 Å². The van der Waals surface area contributed by atoms with Gasteiger partial charge in [-0.3, -0.25) is 4.79 Å². The predicted octanol–water partition coefficient (Wildman–Crippen LogP) is 0.296. The Morgan fingerprint density at radius 3 is 3.06 bits per heavy atom. The number of hydrogen-bond donors (Lipinski definition) is 2. The van der Waals surface area contributed by atoms with Gasteiger partial charge in [-0.05, 0) is 19.3 Å². The second-order valence-electron chi connectivity index (χ2n) is 4.35. The van der Waals surface area contributed by atoms with Crippen LogP contribution in [-0.2, 0) is 14.3 Å². The third kappa shape index (κ3) is 6.00. The van der Waals surface area contributed by atoms with Crippen LogP contribution in [0, 0.1) is 0 Å². The summed E-state index contributed by atoms with van der Waals surface area (Å²) in [5.74, 6) is 0.0293. The summed E-state index contributed by atoms with van der Waals surface area (Å²) in [6.07, 6.45) is 3.37. The van der Waals surface area contributed by atoms with Crippen LogP contribution in [0.15, 0.2) is 0 Å². The fourth-order valence-corrected chi connectivity index (χ4v) is 1.94. The van der Waals surface area contributed by atoms with Gasteiger partial charge in [0.15, 0.2) is 0 Å². The molecule has 0 bridgehead atoms. The Morgan fingerprint density at radius 2 is 2.35 bits per heavy atom. The van der Waals surface area contributed by atoms with Gasteiger partial charge in [-0.2, -0.15) is 0 Å². The normalized spacial score (nSPS) is 24.6. The third-order valence-electron chi connectivity index (χ3n) is 3.00. The number of hydrogen-bond acceptors (Lipinski definition) is 4. The highest BCUT2D eigenvalue weighted by molar-refractivity contribution is 5.77. The van der Waals surface area contributed by atoms with E-state index < -0.39 is 0 Å². The smallest absolute Gasteiger partial charge is 0.234 e. The predicted molar refractivity (Wildman–Crippen MR) is 65.9 cm³/mol. The molecule has 1 saturated heterocycles. The van der Waals surface area contributed by atoms with Crippen molar-refractivity contribution >= 4 is 5.91 Å².